The number of para-hydroxylation sites is 1. The van der Waals surface area contributed by atoms with Gasteiger partial charge in [0.2, 0.25) is 0 Å². The lowest BCUT2D eigenvalue weighted by Gasteiger charge is -2.10. The Labute approximate surface area is 132 Å². The standard InChI is InChI=1S/C17H15NO3S/c1-12-15(19)11-10-13-6-5-9-16(17(12)13)22-21-20-18-14-7-3-2-4-8-14/h2-11,18-19H,1H3. The Kier molecular flexibility index (Phi) is 4.48. The van der Waals surface area contributed by atoms with Crippen molar-refractivity contribution >= 4 is 28.5 Å². The molecule has 0 unspecified atom stereocenters. The number of nitrogens with one attached hydrogen (secondary N) is 1. The number of phenolic OH excluding ortho intramolecular Hbond substituents is 1. The first-order chi connectivity index (χ1) is 10.8. The van der Waals surface area contributed by atoms with Crippen LogP contribution in [0, 0.1) is 6.92 Å². The molecule has 0 saturated carbocycles. The minimum absolute atomic E-state index is 0.267. The average molecular weight is 313 g/mol. The largest absolute Gasteiger partial charge is 0.508 e. The maximum Gasteiger partial charge on any atom is 0.119 e. The van der Waals surface area contributed by atoms with E-state index in [-0.39, 0.29) is 5.75 Å². The van der Waals surface area contributed by atoms with Gasteiger partial charge in [-0.15, -0.1) is 9.32 Å². The highest BCUT2D eigenvalue weighted by molar-refractivity contribution is 7.94. The third-order valence-corrected chi connectivity index (χ3v) is 3.99. The summed E-state index contributed by atoms with van der Waals surface area (Å²) < 4.78 is 5.15. The second-order valence-electron chi connectivity index (χ2n) is 4.77. The third-order valence-electron chi connectivity index (χ3n) is 3.33. The predicted molar refractivity (Wildman–Crippen MR) is 88.4 cm³/mol. The molecule has 0 amide bonds. The minimum atomic E-state index is 0.267. The number of hydrogen-bond donors (Lipinski definition) is 2. The molecule has 0 aliphatic heterocycles. The average Bonchev–Trinajstić information content (AvgIpc) is 2.56. The van der Waals surface area contributed by atoms with E-state index in [1.54, 1.807) is 6.07 Å². The molecule has 0 saturated heterocycles. The number of hydrogen-bond acceptors (Lipinski definition) is 5. The summed E-state index contributed by atoms with van der Waals surface area (Å²) in [6.45, 7) is 1.88. The topological polar surface area (TPSA) is 50.7 Å². The van der Waals surface area contributed by atoms with Gasteiger partial charge < -0.3 is 5.11 Å². The van der Waals surface area contributed by atoms with Gasteiger partial charge in [-0.05, 0) is 42.1 Å². The Bertz CT molecular complexity index is 777. The number of anilines is 1. The van der Waals surface area contributed by atoms with Crippen LogP contribution >= 0.6 is 12.0 Å². The smallest absolute Gasteiger partial charge is 0.119 e. The van der Waals surface area contributed by atoms with Gasteiger partial charge in [-0.3, -0.25) is 0 Å². The first-order valence-electron chi connectivity index (χ1n) is 6.78. The Morgan fingerprint density at radius 3 is 2.59 bits per heavy atom. The molecule has 5 heteroatoms. The monoisotopic (exact) mass is 313 g/mol. The lowest BCUT2D eigenvalue weighted by Crippen LogP contribution is -1.98. The second-order valence-corrected chi connectivity index (χ2v) is 5.51. The zero-order valence-corrected chi connectivity index (χ0v) is 12.8. The lowest BCUT2D eigenvalue weighted by molar-refractivity contribution is -0.161. The van der Waals surface area contributed by atoms with Crippen molar-refractivity contribution in [1.29, 1.82) is 0 Å². The van der Waals surface area contributed by atoms with Crippen LogP contribution in [0.2, 0.25) is 0 Å². The van der Waals surface area contributed by atoms with Crippen molar-refractivity contribution in [2.75, 3.05) is 5.48 Å². The first kappa shape index (κ1) is 14.7. The highest BCUT2D eigenvalue weighted by Crippen LogP contribution is 2.34. The highest BCUT2D eigenvalue weighted by Gasteiger charge is 2.08. The molecule has 0 aliphatic rings. The molecular formula is C17H15NO3S. The van der Waals surface area contributed by atoms with Crippen LogP contribution in [0.3, 0.4) is 0 Å². The van der Waals surface area contributed by atoms with Gasteiger partial charge in [0.25, 0.3) is 0 Å². The van der Waals surface area contributed by atoms with Gasteiger partial charge in [0.05, 0.1) is 17.7 Å². The van der Waals surface area contributed by atoms with Crippen LogP contribution in [0.15, 0.2) is 65.6 Å². The molecule has 22 heavy (non-hydrogen) atoms. The molecule has 3 aromatic carbocycles. The summed E-state index contributed by atoms with van der Waals surface area (Å²) in [6, 6.07) is 18.9. The van der Waals surface area contributed by atoms with E-state index in [1.807, 2.05) is 61.5 Å². The number of aryl methyl sites for hydroxylation is 1. The fourth-order valence-corrected chi connectivity index (χ4v) is 2.83. The number of aromatic hydroxyl groups is 1. The predicted octanol–water partition coefficient (Wildman–Crippen LogP) is 4.84. The molecule has 0 aliphatic carbocycles. The number of benzene rings is 3. The Hall–Kier alpha value is -2.21. The van der Waals surface area contributed by atoms with Crippen molar-refractivity contribution in [3.05, 3.63) is 66.2 Å². The van der Waals surface area contributed by atoms with E-state index in [9.17, 15) is 5.11 Å². The van der Waals surface area contributed by atoms with Gasteiger partial charge in [0, 0.05) is 10.3 Å². The molecule has 3 rings (SSSR count). The molecule has 0 spiro atoms. The molecule has 3 aromatic rings. The molecule has 112 valence electrons. The summed E-state index contributed by atoms with van der Waals surface area (Å²) >= 11 is 1.10. The molecule has 0 bridgehead atoms. The second kappa shape index (κ2) is 6.70. The van der Waals surface area contributed by atoms with Crippen LogP contribution in [0.4, 0.5) is 5.69 Å². The summed E-state index contributed by atoms with van der Waals surface area (Å²) in [5, 5.41) is 11.9. The SMILES string of the molecule is Cc1c(O)ccc2cccc(SOONc3ccccc3)c12. The molecule has 0 radical (unpaired) electrons. The van der Waals surface area contributed by atoms with E-state index >= 15 is 0 Å². The van der Waals surface area contributed by atoms with E-state index in [4.69, 9.17) is 9.32 Å². The van der Waals surface area contributed by atoms with Crippen LogP contribution in [0.1, 0.15) is 5.56 Å². The van der Waals surface area contributed by atoms with Crippen molar-refractivity contribution < 1.29 is 14.4 Å². The Balaban J connectivity index is 1.70. The number of rotatable bonds is 5. The quantitative estimate of drug-likeness (QED) is 0.306. The Morgan fingerprint density at radius 1 is 0.955 bits per heavy atom. The fourth-order valence-electron chi connectivity index (χ4n) is 2.20. The Morgan fingerprint density at radius 2 is 1.77 bits per heavy atom. The molecule has 0 heterocycles. The minimum Gasteiger partial charge on any atom is -0.508 e. The van der Waals surface area contributed by atoms with Crippen LogP contribution in [0.25, 0.3) is 10.8 Å². The highest BCUT2D eigenvalue weighted by atomic mass is 32.2. The van der Waals surface area contributed by atoms with Gasteiger partial charge >= 0.3 is 0 Å². The van der Waals surface area contributed by atoms with Gasteiger partial charge in [-0.2, -0.15) is 0 Å². The molecule has 4 nitrogen and oxygen atoms in total. The fraction of sp³-hybridized carbons (Fsp3) is 0.0588. The molecule has 0 aromatic heterocycles. The number of phenols is 1. The van der Waals surface area contributed by atoms with E-state index < -0.39 is 0 Å². The maximum absolute atomic E-state index is 9.87. The van der Waals surface area contributed by atoms with Gasteiger partial charge in [-0.25, -0.2) is 5.48 Å². The van der Waals surface area contributed by atoms with Gasteiger partial charge in [-0.1, -0.05) is 36.4 Å². The van der Waals surface area contributed by atoms with Crippen molar-refractivity contribution in [3.8, 4) is 5.75 Å². The van der Waals surface area contributed by atoms with Crippen molar-refractivity contribution in [3.63, 3.8) is 0 Å². The van der Waals surface area contributed by atoms with E-state index in [0.29, 0.717) is 0 Å². The van der Waals surface area contributed by atoms with Crippen LogP contribution in [0.5, 0.6) is 5.75 Å². The first-order valence-corrected chi connectivity index (χ1v) is 7.52. The summed E-state index contributed by atoms with van der Waals surface area (Å²) in [7, 11) is 0. The molecule has 2 N–H and O–H groups in total. The summed E-state index contributed by atoms with van der Waals surface area (Å²) in [4.78, 5) is 5.87. The summed E-state index contributed by atoms with van der Waals surface area (Å²) in [5.41, 5.74) is 4.32. The molecule has 0 atom stereocenters. The third kappa shape index (κ3) is 3.17. The van der Waals surface area contributed by atoms with Gasteiger partial charge in [0.1, 0.15) is 5.75 Å². The van der Waals surface area contributed by atoms with Crippen molar-refractivity contribution in [2.24, 2.45) is 0 Å². The summed E-state index contributed by atoms with van der Waals surface area (Å²) in [6.07, 6.45) is 0. The van der Waals surface area contributed by atoms with Crippen molar-refractivity contribution in [2.45, 2.75) is 11.8 Å². The number of fused-ring (bicyclic) bond motifs is 1. The van der Waals surface area contributed by atoms with Crippen molar-refractivity contribution in [1.82, 2.24) is 0 Å². The van der Waals surface area contributed by atoms with Gasteiger partial charge in [0.15, 0.2) is 0 Å². The lowest BCUT2D eigenvalue weighted by atomic mass is 10.0. The normalized spacial score (nSPS) is 10.8. The zero-order chi connectivity index (χ0) is 15.4. The van der Waals surface area contributed by atoms with Crippen LogP contribution in [-0.4, -0.2) is 5.11 Å². The van der Waals surface area contributed by atoms with Crippen LogP contribution < -0.4 is 5.48 Å². The van der Waals surface area contributed by atoms with E-state index in [1.165, 1.54) is 0 Å². The summed E-state index contributed by atoms with van der Waals surface area (Å²) in [5.74, 6) is 0.267. The zero-order valence-electron chi connectivity index (χ0n) is 11.9. The van der Waals surface area contributed by atoms with Crippen LogP contribution in [-0.2, 0) is 9.32 Å². The van der Waals surface area contributed by atoms with E-state index in [0.717, 1.165) is 39.0 Å². The molecule has 0 fully saturated rings. The van der Waals surface area contributed by atoms with E-state index in [2.05, 4.69) is 5.48 Å². The maximum atomic E-state index is 9.87. The molecular weight excluding hydrogens is 298 g/mol.